The summed E-state index contributed by atoms with van der Waals surface area (Å²) in [6.45, 7) is 1.87. The van der Waals surface area contributed by atoms with Crippen LogP contribution in [0.5, 0.6) is 5.88 Å². The molecule has 5 aromatic rings. The van der Waals surface area contributed by atoms with Gasteiger partial charge in [-0.25, -0.2) is 15.0 Å². The maximum atomic E-state index is 11.9. The van der Waals surface area contributed by atoms with Gasteiger partial charge >= 0.3 is 0 Å². The van der Waals surface area contributed by atoms with E-state index in [0.717, 1.165) is 16.6 Å². The Labute approximate surface area is 252 Å². The lowest BCUT2D eigenvalue weighted by molar-refractivity contribution is -0.119. The Kier molecular flexibility index (Phi) is 7.40. The predicted molar refractivity (Wildman–Crippen MR) is 165 cm³/mol. The average molecular weight is 601 g/mol. The molecule has 2 atom stereocenters. The fourth-order valence-corrected chi connectivity index (χ4v) is 5.90. The minimum atomic E-state index is -0.875. The second-order valence-corrected chi connectivity index (χ2v) is 11.0. The van der Waals surface area contributed by atoms with Gasteiger partial charge in [0.25, 0.3) is 0 Å². The largest absolute Gasteiger partial charge is 0.481 e. The van der Waals surface area contributed by atoms with Gasteiger partial charge in [-0.05, 0) is 37.6 Å². The third-order valence-corrected chi connectivity index (χ3v) is 8.37. The molecule has 0 saturated carbocycles. The topological polar surface area (TPSA) is 128 Å². The van der Waals surface area contributed by atoms with Gasteiger partial charge in [-0.1, -0.05) is 53.5 Å². The first-order chi connectivity index (χ1) is 20.3. The van der Waals surface area contributed by atoms with E-state index in [0.29, 0.717) is 62.6 Å². The first-order valence-electron chi connectivity index (χ1n) is 13.3. The lowest BCUT2D eigenvalue weighted by Crippen LogP contribution is -2.50. The highest BCUT2D eigenvalue weighted by Gasteiger charge is 2.39. The molecule has 0 bridgehead atoms. The Balaban J connectivity index is 1.36. The maximum absolute atomic E-state index is 11.9. The molecule has 1 fully saturated rings. The summed E-state index contributed by atoms with van der Waals surface area (Å²) in [6.07, 6.45) is 6.01. The van der Waals surface area contributed by atoms with Crippen molar-refractivity contribution in [1.29, 1.82) is 0 Å². The van der Waals surface area contributed by atoms with Gasteiger partial charge in [0.05, 0.1) is 45.6 Å². The number of rotatable bonds is 7. The SMILES string of the molecule is COc1nc(-c2cccc(-c3cccc(Nc4nccc5nccnc45)c3Cl)c2Cl)ccc1C(C)(N)[C@@H]1CCC(=O)N1. The molecular weight excluding hydrogens is 573 g/mol. The van der Waals surface area contributed by atoms with E-state index in [1.807, 2.05) is 55.5 Å². The number of methoxy groups -OCH3 is 1. The van der Waals surface area contributed by atoms with Crippen LogP contribution in [0.25, 0.3) is 33.4 Å². The van der Waals surface area contributed by atoms with E-state index in [1.54, 1.807) is 31.8 Å². The Bertz CT molecular complexity index is 1820. The zero-order valence-electron chi connectivity index (χ0n) is 22.9. The number of halogens is 2. The molecule has 11 heteroatoms. The Morgan fingerprint density at radius 2 is 1.69 bits per heavy atom. The second-order valence-electron chi connectivity index (χ2n) is 10.2. The fraction of sp³-hybridized carbons (Fsp3) is 0.194. The number of amides is 1. The number of nitrogens with zero attached hydrogens (tertiary/aromatic N) is 4. The highest BCUT2D eigenvalue weighted by atomic mass is 35.5. The number of hydrogen-bond donors (Lipinski definition) is 3. The van der Waals surface area contributed by atoms with Crippen molar-refractivity contribution in [3.63, 3.8) is 0 Å². The van der Waals surface area contributed by atoms with Crippen LogP contribution in [0.15, 0.2) is 73.2 Å². The third kappa shape index (κ3) is 5.00. The van der Waals surface area contributed by atoms with Crippen molar-refractivity contribution in [2.75, 3.05) is 12.4 Å². The third-order valence-electron chi connectivity index (χ3n) is 7.56. The van der Waals surface area contributed by atoms with Crippen LogP contribution in [0.3, 0.4) is 0 Å². The second kappa shape index (κ2) is 11.2. The summed E-state index contributed by atoms with van der Waals surface area (Å²) < 4.78 is 5.67. The molecule has 1 unspecified atom stereocenters. The number of carbonyl (C=O) groups is 1. The zero-order valence-corrected chi connectivity index (χ0v) is 24.4. The summed E-state index contributed by atoms with van der Waals surface area (Å²) in [5.41, 5.74) is 11.3. The number of carbonyl (C=O) groups excluding carboxylic acids is 1. The summed E-state index contributed by atoms with van der Waals surface area (Å²) >= 11 is 14.0. The van der Waals surface area contributed by atoms with Crippen LogP contribution in [-0.2, 0) is 10.3 Å². The van der Waals surface area contributed by atoms with Crippen molar-refractivity contribution in [3.05, 3.63) is 88.8 Å². The van der Waals surface area contributed by atoms with Crippen LogP contribution in [0.1, 0.15) is 25.3 Å². The molecule has 9 nitrogen and oxygen atoms in total. The number of ether oxygens (including phenoxy) is 1. The summed E-state index contributed by atoms with van der Waals surface area (Å²) in [5, 5.41) is 7.21. The van der Waals surface area contributed by atoms with Gasteiger partial charge in [0.15, 0.2) is 5.82 Å². The Morgan fingerprint density at radius 3 is 2.45 bits per heavy atom. The summed E-state index contributed by atoms with van der Waals surface area (Å²) in [5.74, 6) is 0.902. The maximum Gasteiger partial charge on any atom is 0.220 e. The van der Waals surface area contributed by atoms with Gasteiger partial charge in [-0.3, -0.25) is 9.78 Å². The highest BCUT2D eigenvalue weighted by Crippen LogP contribution is 2.43. The van der Waals surface area contributed by atoms with E-state index in [1.165, 1.54) is 0 Å². The predicted octanol–water partition coefficient (Wildman–Crippen LogP) is 6.27. The normalized spacial score (nSPS) is 16.2. The number of pyridine rings is 2. The van der Waals surface area contributed by atoms with E-state index in [9.17, 15) is 4.79 Å². The highest BCUT2D eigenvalue weighted by molar-refractivity contribution is 6.39. The molecule has 1 amide bonds. The van der Waals surface area contributed by atoms with Crippen LogP contribution >= 0.6 is 23.2 Å². The molecule has 1 saturated heterocycles. The number of benzene rings is 2. The van der Waals surface area contributed by atoms with Gasteiger partial charge in [0.2, 0.25) is 11.8 Å². The molecule has 42 heavy (non-hydrogen) atoms. The first-order valence-corrected chi connectivity index (χ1v) is 14.1. The lowest BCUT2D eigenvalue weighted by atomic mass is 9.85. The summed E-state index contributed by atoms with van der Waals surface area (Å²) in [6, 6.07) is 16.7. The van der Waals surface area contributed by atoms with E-state index in [-0.39, 0.29) is 11.9 Å². The monoisotopic (exact) mass is 599 g/mol. The molecule has 6 rings (SSSR count). The molecule has 2 aromatic carbocycles. The Morgan fingerprint density at radius 1 is 0.952 bits per heavy atom. The molecule has 0 spiro atoms. The molecule has 3 aromatic heterocycles. The number of hydrogen-bond acceptors (Lipinski definition) is 8. The molecular formula is C31H27Cl2N7O2. The van der Waals surface area contributed by atoms with Crippen molar-refractivity contribution in [2.45, 2.75) is 31.3 Å². The van der Waals surface area contributed by atoms with Crippen molar-refractivity contribution in [2.24, 2.45) is 5.73 Å². The summed E-state index contributed by atoms with van der Waals surface area (Å²) in [4.78, 5) is 29.8. The lowest BCUT2D eigenvalue weighted by Gasteiger charge is -2.32. The molecule has 1 aliphatic heterocycles. The van der Waals surface area contributed by atoms with Gasteiger partial charge in [-0.2, -0.15) is 0 Å². The fourth-order valence-electron chi connectivity index (χ4n) is 5.30. The molecule has 212 valence electrons. The van der Waals surface area contributed by atoms with Crippen LogP contribution < -0.4 is 21.1 Å². The number of nitrogens with one attached hydrogen (secondary N) is 2. The van der Waals surface area contributed by atoms with E-state index < -0.39 is 5.54 Å². The van der Waals surface area contributed by atoms with E-state index in [4.69, 9.17) is 38.7 Å². The molecule has 0 aliphatic carbocycles. The number of fused-ring (bicyclic) bond motifs is 1. The van der Waals surface area contributed by atoms with Crippen molar-refractivity contribution in [1.82, 2.24) is 25.3 Å². The van der Waals surface area contributed by atoms with Crippen molar-refractivity contribution >= 4 is 51.6 Å². The molecule has 1 aliphatic rings. The molecule has 4 N–H and O–H groups in total. The minimum Gasteiger partial charge on any atom is -0.481 e. The average Bonchev–Trinajstić information content (AvgIpc) is 3.45. The van der Waals surface area contributed by atoms with E-state index in [2.05, 4.69) is 25.6 Å². The first kappa shape index (κ1) is 27.8. The molecule has 0 radical (unpaired) electrons. The smallest absolute Gasteiger partial charge is 0.220 e. The number of aromatic nitrogens is 4. The molecule has 4 heterocycles. The van der Waals surface area contributed by atoms with Crippen molar-refractivity contribution < 1.29 is 9.53 Å². The minimum absolute atomic E-state index is 0.0104. The van der Waals surface area contributed by atoms with Gasteiger partial charge < -0.3 is 21.1 Å². The van der Waals surface area contributed by atoms with E-state index >= 15 is 0 Å². The quantitative estimate of drug-likeness (QED) is 0.200. The van der Waals surface area contributed by atoms with Crippen LogP contribution in [0.4, 0.5) is 11.5 Å². The van der Waals surface area contributed by atoms with Crippen LogP contribution in [-0.4, -0.2) is 39.0 Å². The zero-order chi connectivity index (χ0) is 29.4. The van der Waals surface area contributed by atoms with Crippen LogP contribution in [0.2, 0.25) is 10.0 Å². The van der Waals surface area contributed by atoms with Gasteiger partial charge in [-0.15, -0.1) is 0 Å². The van der Waals surface area contributed by atoms with Crippen molar-refractivity contribution in [3.8, 4) is 28.3 Å². The van der Waals surface area contributed by atoms with Gasteiger partial charge in [0, 0.05) is 47.3 Å². The van der Waals surface area contributed by atoms with Gasteiger partial charge in [0.1, 0.15) is 5.52 Å². The summed E-state index contributed by atoms with van der Waals surface area (Å²) in [7, 11) is 1.55. The Hall–Kier alpha value is -4.31. The number of nitrogens with two attached hydrogens (primary N) is 1. The van der Waals surface area contributed by atoms with Crippen LogP contribution in [0, 0.1) is 0 Å². The standard InChI is InChI=1S/C31H27Cl2N7O2/c1-31(34,24-11-12-25(41)40-24)20-9-10-21(39-30(20)42-2)19-7-3-5-17(26(19)32)18-6-4-8-22(27(18)33)38-29-28-23(13-14-37-29)35-15-16-36-28/h3-10,13-16,24H,11-12,34H2,1-2H3,(H,37,38)(H,40,41)/t24-,31?/m0/s1. The number of anilines is 2.